The number of rotatable bonds is 10. The number of nitrogen functional groups attached to an aromatic ring is 1. The van der Waals surface area contributed by atoms with Crippen LogP contribution >= 0.6 is 57.8 Å². The molecule has 2 aliphatic heterocycles. The van der Waals surface area contributed by atoms with Crippen molar-refractivity contribution < 1.29 is 24.0 Å². The number of oxime groups is 1. The van der Waals surface area contributed by atoms with E-state index in [2.05, 4.69) is 32.2 Å². The molecule has 2 amide bonds. The lowest BCUT2D eigenvalue weighted by Crippen LogP contribution is -2.71. The van der Waals surface area contributed by atoms with Crippen molar-refractivity contribution >= 4 is 86.4 Å². The Labute approximate surface area is 226 Å². The number of thioether (sulfide) groups is 2. The number of hydrogen-bond acceptors (Lipinski definition) is 14. The van der Waals surface area contributed by atoms with Crippen molar-refractivity contribution in [3.8, 4) is 0 Å². The highest BCUT2D eigenvalue weighted by Crippen LogP contribution is 2.42. The highest BCUT2D eigenvalue weighted by atomic mass is 35.5. The van der Waals surface area contributed by atoms with Gasteiger partial charge in [0.1, 0.15) is 42.0 Å². The Balaban J connectivity index is 1.53. The van der Waals surface area contributed by atoms with Crippen molar-refractivity contribution in [3.63, 3.8) is 0 Å². The van der Waals surface area contributed by atoms with Gasteiger partial charge in [0.2, 0.25) is 0 Å². The number of nitrogens with zero attached hydrogens (tertiary/aromatic N) is 5. The number of fused-ring (bicyclic) bond motifs is 1. The molecule has 0 bridgehead atoms. The number of nitrogens with two attached hydrogens (primary N) is 1. The molecule has 4 heterocycles. The van der Waals surface area contributed by atoms with Gasteiger partial charge in [-0.15, -0.1) is 33.3 Å². The maximum Gasteiger partial charge on any atom is 0.355 e. The molecule has 17 heteroatoms. The molecular weight excluding hydrogens is 570 g/mol. The predicted octanol–water partition coefficient (Wildman–Crippen LogP) is 1.67. The molecule has 12 nitrogen and oxygen atoms in total. The highest BCUT2D eigenvalue weighted by Gasteiger charge is 2.54. The third-order valence-electron chi connectivity index (χ3n) is 4.76. The number of carbonyl (C=O) groups is 3. The lowest BCUT2D eigenvalue weighted by atomic mass is 10.0. The molecule has 0 saturated carbocycles. The molecule has 3 N–H and O–H groups in total. The van der Waals surface area contributed by atoms with Crippen molar-refractivity contribution in [2.75, 3.05) is 31.0 Å². The van der Waals surface area contributed by atoms with E-state index < -0.39 is 29.2 Å². The largest absolute Gasteiger partial charge is 0.455 e. The first-order chi connectivity index (χ1) is 17.3. The van der Waals surface area contributed by atoms with Crippen molar-refractivity contribution in [1.29, 1.82) is 0 Å². The average Bonchev–Trinajstić information content (AvgIpc) is 3.54. The summed E-state index contributed by atoms with van der Waals surface area (Å²) in [6.07, 6.45) is 0. The minimum Gasteiger partial charge on any atom is -0.455 e. The summed E-state index contributed by atoms with van der Waals surface area (Å²) in [4.78, 5) is 49.2. The number of β-lactam (4-membered cyclic amide) rings is 1. The fraction of sp³-hybridized carbons (Fsp3) is 0.316. The Bertz CT molecular complexity index is 1250. The normalized spacial score (nSPS) is 19.4. The predicted molar refractivity (Wildman–Crippen MR) is 139 cm³/mol. The van der Waals surface area contributed by atoms with Crippen LogP contribution in [0.15, 0.2) is 43.3 Å². The number of hydrogen-bond donors (Lipinski definition) is 2. The smallest absolute Gasteiger partial charge is 0.355 e. The molecule has 0 spiro atoms. The van der Waals surface area contributed by atoms with Crippen LogP contribution in [0.2, 0.25) is 0 Å². The first kappa shape index (κ1) is 26.4. The van der Waals surface area contributed by atoms with Crippen LogP contribution < -0.4 is 11.1 Å². The fourth-order valence-electron chi connectivity index (χ4n) is 3.27. The molecule has 2 aromatic rings. The Kier molecular flexibility index (Phi) is 8.50. The summed E-state index contributed by atoms with van der Waals surface area (Å²) in [5.41, 5.74) is 8.19. The van der Waals surface area contributed by atoms with E-state index in [-0.39, 0.29) is 33.9 Å². The zero-order valence-electron chi connectivity index (χ0n) is 18.5. The van der Waals surface area contributed by atoms with Crippen LogP contribution in [-0.4, -0.2) is 80.2 Å². The fourth-order valence-corrected chi connectivity index (χ4v) is 6.85. The summed E-state index contributed by atoms with van der Waals surface area (Å²) >= 11 is 11.1. The number of carbonyl (C=O) groups excluding carboxylic acids is 3. The number of halogens is 1. The van der Waals surface area contributed by atoms with Crippen LogP contribution in [0.4, 0.5) is 5.13 Å². The maximum atomic E-state index is 13.2. The second-order valence-electron chi connectivity index (χ2n) is 7.09. The number of nitrogens with one attached hydrogen (secondary N) is 1. The lowest BCUT2D eigenvalue weighted by molar-refractivity contribution is -0.152. The molecule has 0 aromatic carbocycles. The molecule has 2 aliphatic rings. The molecular formula is C19H18ClN7O5S4. The van der Waals surface area contributed by atoms with Crippen molar-refractivity contribution in [2.45, 2.75) is 15.8 Å². The minimum atomic E-state index is -0.899. The number of esters is 1. The van der Waals surface area contributed by atoms with E-state index in [4.69, 9.17) is 26.9 Å². The van der Waals surface area contributed by atoms with Gasteiger partial charge in [0.15, 0.2) is 15.2 Å². The maximum absolute atomic E-state index is 13.2. The van der Waals surface area contributed by atoms with Gasteiger partial charge in [0.25, 0.3) is 11.8 Å². The van der Waals surface area contributed by atoms with Gasteiger partial charge in [0, 0.05) is 21.9 Å². The van der Waals surface area contributed by atoms with Crippen LogP contribution in [0, 0.1) is 0 Å². The van der Waals surface area contributed by atoms with Gasteiger partial charge < -0.3 is 20.6 Å². The standard InChI is InChI=1S/C19H18ClN7O5S4/c1-8(20)3-32-17(30)13-9(5-35-19-25-22-7-36-19)4-33-16-12(15(29)27(13)16)24-14(28)11(26-31-2)10-6-34-18(21)23-10/h6-7,12,16H,1,3-5H2,2H3,(H2,21,23)(H,24,28)/t12?,16-/m0/s1. The van der Waals surface area contributed by atoms with E-state index in [1.54, 1.807) is 10.9 Å². The van der Waals surface area contributed by atoms with Gasteiger partial charge in [0.05, 0.1) is 0 Å². The van der Waals surface area contributed by atoms with E-state index in [1.807, 2.05) is 0 Å². The molecule has 1 unspecified atom stereocenters. The Morgan fingerprint density at radius 1 is 1.44 bits per heavy atom. The SMILES string of the molecule is C=C(Cl)COC(=O)C1=C(CSc2nncs2)CS[C@H]2C(NC(=O)C(=NOC)c3csc(N)n3)C(=O)N12. The van der Waals surface area contributed by atoms with E-state index >= 15 is 0 Å². The first-order valence-corrected chi connectivity index (χ1v) is 14.2. The average molecular weight is 588 g/mol. The van der Waals surface area contributed by atoms with Gasteiger partial charge >= 0.3 is 5.97 Å². The van der Waals surface area contributed by atoms with E-state index in [0.29, 0.717) is 17.1 Å². The van der Waals surface area contributed by atoms with Crippen molar-refractivity contribution in [3.05, 3.63) is 39.5 Å². The zero-order valence-corrected chi connectivity index (χ0v) is 22.5. The van der Waals surface area contributed by atoms with Gasteiger partial charge in [-0.2, -0.15) is 0 Å². The summed E-state index contributed by atoms with van der Waals surface area (Å²) in [5, 5.41) is 15.6. The number of anilines is 1. The Morgan fingerprint density at radius 3 is 2.89 bits per heavy atom. The molecule has 2 atom stereocenters. The van der Waals surface area contributed by atoms with Crippen LogP contribution in [0.5, 0.6) is 0 Å². The number of amides is 2. The third kappa shape index (κ3) is 5.67. The van der Waals surface area contributed by atoms with Crippen LogP contribution in [0.1, 0.15) is 5.69 Å². The molecule has 4 rings (SSSR count). The van der Waals surface area contributed by atoms with Crippen molar-refractivity contribution in [1.82, 2.24) is 25.4 Å². The van der Waals surface area contributed by atoms with E-state index in [0.717, 1.165) is 15.7 Å². The summed E-state index contributed by atoms with van der Waals surface area (Å²) in [7, 11) is 1.29. The van der Waals surface area contributed by atoms with E-state index in [9.17, 15) is 14.4 Å². The van der Waals surface area contributed by atoms with Gasteiger partial charge in [-0.3, -0.25) is 14.5 Å². The molecule has 190 valence electrons. The summed E-state index contributed by atoms with van der Waals surface area (Å²) < 4.78 is 5.98. The summed E-state index contributed by atoms with van der Waals surface area (Å²) in [6.45, 7) is 3.32. The molecule has 2 aromatic heterocycles. The number of thiazole rings is 1. The van der Waals surface area contributed by atoms with Crippen LogP contribution in [0.3, 0.4) is 0 Å². The molecule has 1 saturated heterocycles. The second kappa shape index (κ2) is 11.6. The minimum absolute atomic E-state index is 0.123. The monoisotopic (exact) mass is 587 g/mol. The Hall–Kier alpha value is -2.66. The van der Waals surface area contributed by atoms with Gasteiger partial charge in [-0.25, -0.2) is 9.78 Å². The highest BCUT2D eigenvalue weighted by molar-refractivity contribution is 8.01. The molecule has 0 radical (unpaired) electrons. The third-order valence-corrected chi connectivity index (χ3v) is 8.83. The van der Waals surface area contributed by atoms with Gasteiger partial charge in [-0.05, 0) is 5.57 Å². The van der Waals surface area contributed by atoms with Gasteiger partial charge in [-0.1, -0.05) is 46.4 Å². The number of aromatic nitrogens is 3. The first-order valence-electron chi connectivity index (χ1n) is 9.99. The van der Waals surface area contributed by atoms with Crippen LogP contribution in [-0.2, 0) is 24.0 Å². The number of ether oxygens (including phenoxy) is 1. The lowest BCUT2D eigenvalue weighted by Gasteiger charge is -2.49. The zero-order chi connectivity index (χ0) is 25.8. The Morgan fingerprint density at radius 2 is 2.25 bits per heavy atom. The van der Waals surface area contributed by atoms with E-state index in [1.165, 1.54) is 46.9 Å². The second-order valence-corrected chi connectivity index (χ2v) is 11.7. The molecule has 1 fully saturated rings. The summed E-state index contributed by atoms with van der Waals surface area (Å²) in [6, 6.07) is -0.899. The molecule has 0 aliphatic carbocycles. The quantitative estimate of drug-likeness (QED) is 0.137. The van der Waals surface area contributed by atoms with Crippen molar-refractivity contribution in [2.24, 2.45) is 5.16 Å². The molecule has 36 heavy (non-hydrogen) atoms. The van der Waals surface area contributed by atoms with Crippen LogP contribution in [0.25, 0.3) is 0 Å². The topological polar surface area (TPSA) is 162 Å². The summed E-state index contributed by atoms with van der Waals surface area (Å²) in [5.74, 6) is -0.999.